The summed E-state index contributed by atoms with van der Waals surface area (Å²) in [4.78, 5) is 8.44. The predicted molar refractivity (Wildman–Crippen MR) is 78.3 cm³/mol. The SMILES string of the molecule is Cc1cc(Sc2nnc(-c3ccco3)n2C)n2ncnc2n1. The number of hydrogen-bond donors (Lipinski definition) is 0. The van der Waals surface area contributed by atoms with Gasteiger partial charge in [-0.2, -0.15) is 14.6 Å². The van der Waals surface area contributed by atoms with Gasteiger partial charge in [0.1, 0.15) is 11.4 Å². The molecule has 4 heterocycles. The fourth-order valence-electron chi connectivity index (χ4n) is 2.09. The maximum Gasteiger partial charge on any atom is 0.253 e. The van der Waals surface area contributed by atoms with Gasteiger partial charge in [-0.3, -0.25) is 0 Å². The Morgan fingerprint density at radius 1 is 1.27 bits per heavy atom. The number of fused-ring (bicyclic) bond motifs is 1. The molecule has 0 amide bonds. The minimum Gasteiger partial charge on any atom is -0.461 e. The van der Waals surface area contributed by atoms with Gasteiger partial charge in [0.25, 0.3) is 5.78 Å². The Morgan fingerprint density at radius 2 is 2.18 bits per heavy atom. The van der Waals surface area contributed by atoms with E-state index in [0.717, 1.165) is 15.9 Å². The summed E-state index contributed by atoms with van der Waals surface area (Å²) in [6.07, 6.45) is 3.10. The van der Waals surface area contributed by atoms with Crippen molar-refractivity contribution >= 4 is 17.5 Å². The molecular weight excluding hydrogens is 302 g/mol. The van der Waals surface area contributed by atoms with Gasteiger partial charge in [-0.25, -0.2) is 4.98 Å². The van der Waals surface area contributed by atoms with Crippen LogP contribution in [0, 0.1) is 6.92 Å². The van der Waals surface area contributed by atoms with E-state index in [1.807, 2.05) is 36.7 Å². The van der Waals surface area contributed by atoms with Crippen LogP contribution in [0.1, 0.15) is 5.69 Å². The van der Waals surface area contributed by atoms with E-state index >= 15 is 0 Å². The molecule has 0 radical (unpaired) electrons. The van der Waals surface area contributed by atoms with E-state index in [1.165, 1.54) is 18.1 Å². The second kappa shape index (κ2) is 4.95. The van der Waals surface area contributed by atoms with Crippen LogP contribution < -0.4 is 0 Å². The molecule has 4 rings (SSSR count). The Hall–Kier alpha value is -2.68. The summed E-state index contributed by atoms with van der Waals surface area (Å²) in [7, 11) is 1.90. The fraction of sp³-hybridized carbons (Fsp3) is 0.154. The van der Waals surface area contributed by atoms with Crippen molar-refractivity contribution in [2.45, 2.75) is 17.1 Å². The van der Waals surface area contributed by atoms with Crippen molar-refractivity contribution < 1.29 is 4.42 Å². The summed E-state index contributed by atoms with van der Waals surface area (Å²) in [6.45, 7) is 1.92. The first kappa shape index (κ1) is 13.0. The van der Waals surface area contributed by atoms with Gasteiger partial charge in [0.2, 0.25) is 0 Å². The molecule has 0 saturated heterocycles. The third kappa shape index (κ3) is 2.06. The van der Waals surface area contributed by atoms with Crippen molar-refractivity contribution in [2.24, 2.45) is 7.05 Å². The molecule has 0 fully saturated rings. The summed E-state index contributed by atoms with van der Waals surface area (Å²) in [6, 6.07) is 5.61. The molecule has 9 heteroatoms. The number of aryl methyl sites for hydroxylation is 1. The monoisotopic (exact) mass is 313 g/mol. The minimum atomic E-state index is 0.566. The maximum absolute atomic E-state index is 5.37. The Morgan fingerprint density at radius 3 is 3.00 bits per heavy atom. The lowest BCUT2D eigenvalue weighted by molar-refractivity contribution is 0.572. The molecule has 22 heavy (non-hydrogen) atoms. The lowest BCUT2D eigenvalue weighted by Crippen LogP contribution is -1.99. The van der Waals surface area contributed by atoms with Gasteiger partial charge in [0.05, 0.1) is 6.26 Å². The van der Waals surface area contributed by atoms with Crippen molar-refractivity contribution in [1.82, 2.24) is 34.3 Å². The molecule has 110 valence electrons. The van der Waals surface area contributed by atoms with E-state index in [1.54, 1.807) is 10.8 Å². The molecule has 0 unspecified atom stereocenters. The van der Waals surface area contributed by atoms with Crippen molar-refractivity contribution in [2.75, 3.05) is 0 Å². The van der Waals surface area contributed by atoms with Gasteiger partial charge in [-0.05, 0) is 36.9 Å². The molecule has 4 aromatic heterocycles. The lowest BCUT2D eigenvalue weighted by Gasteiger charge is -2.04. The highest BCUT2D eigenvalue weighted by Crippen LogP contribution is 2.28. The largest absolute Gasteiger partial charge is 0.461 e. The maximum atomic E-state index is 5.37. The van der Waals surface area contributed by atoms with Gasteiger partial charge in [-0.15, -0.1) is 10.2 Å². The molecule has 0 aliphatic rings. The molecule has 0 N–H and O–H groups in total. The van der Waals surface area contributed by atoms with Crippen LogP contribution >= 0.6 is 11.8 Å². The second-order valence-corrected chi connectivity index (χ2v) is 5.64. The average molecular weight is 313 g/mol. The van der Waals surface area contributed by atoms with E-state index < -0.39 is 0 Å². The highest BCUT2D eigenvalue weighted by atomic mass is 32.2. The Bertz CT molecular complexity index is 941. The van der Waals surface area contributed by atoms with Gasteiger partial charge in [0, 0.05) is 12.7 Å². The van der Waals surface area contributed by atoms with E-state index in [9.17, 15) is 0 Å². The van der Waals surface area contributed by atoms with Crippen LogP contribution in [0.25, 0.3) is 17.4 Å². The Labute approximate surface area is 129 Å². The van der Waals surface area contributed by atoms with Crippen molar-refractivity contribution in [3.63, 3.8) is 0 Å². The zero-order chi connectivity index (χ0) is 15.1. The normalized spacial score (nSPS) is 11.4. The number of aromatic nitrogens is 7. The van der Waals surface area contributed by atoms with Crippen LogP contribution in [-0.4, -0.2) is 34.3 Å². The molecular formula is C13H11N7OS. The summed E-state index contributed by atoms with van der Waals surface area (Å²) >= 11 is 1.45. The first-order valence-electron chi connectivity index (χ1n) is 6.51. The van der Waals surface area contributed by atoms with Gasteiger partial charge < -0.3 is 8.98 Å². The van der Waals surface area contributed by atoms with Crippen molar-refractivity contribution in [1.29, 1.82) is 0 Å². The number of hydrogen-bond acceptors (Lipinski definition) is 7. The van der Waals surface area contributed by atoms with Crippen LogP contribution in [0.2, 0.25) is 0 Å². The summed E-state index contributed by atoms with van der Waals surface area (Å²) in [5, 5.41) is 14.2. The molecule has 4 aromatic rings. The van der Waals surface area contributed by atoms with E-state index in [2.05, 4.69) is 25.3 Å². The number of rotatable bonds is 3. The Kier molecular flexibility index (Phi) is 2.93. The summed E-state index contributed by atoms with van der Waals surface area (Å²) < 4.78 is 8.93. The Balaban J connectivity index is 1.76. The molecule has 0 saturated carbocycles. The molecule has 0 aliphatic carbocycles. The topological polar surface area (TPSA) is 86.9 Å². The van der Waals surface area contributed by atoms with Crippen molar-refractivity contribution in [3.05, 3.63) is 36.5 Å². The molecule has 0 aliphatic heterocycles. The standard InChI is InChI=1S/C13H11N7OS/c1-8-6-10(20-12(16-8)14-7-15-20)22-13-18-17-11(19(13)2)9-4-3-5-21-9/h3-7H,1-2H3. The number of nitrogens with zero attached hydrogens (tertiary/aromatic N) is 7. The van der Waals surface area contributed by atoms with Crippen LogP contribution in [0.5, 0.6) is 0 Å². The zero-order valence-corrected chi connectivity index (χ0v) is 12.7. The molecule has 8 nitrogen and oxygen atoms in total. The lowest BCUT2D eigenvalue weighted by atomic mass is 10.4. The average Bonchev–Trinajstić information content (AvgIpc) is 3.20. The summed E-state index contributed by atoms with van der Waals surface area (Å²) in [5.74, 6) is 1.92. The third-order valence-corrected chi connectivity index (χ3v) is 4.16. The molecule has 0 spiro atoms. The molecule has 0 atom stereocenters. The van der Waals surface area contributed by atoms with Gasteiger partial charge in [0.15, 0.2) is 16.7 Å². The second-order valence-electron chi connectivity index (χ2n) is 4.65. The zero-order valence-electron chi connectivity index (χ0n) is 11.8. The van der Waals surface area contributed by atoms with E-state index in [0.29, 0.717) is 17.4 Å². The van der Waals surface area contributed by atoms with E-state index in [4.69, 9.17) is 4.42 Å². The smallest absolute Gasteiger partial charge is 0.253 e. The minimum absolute atomic E-state index is 0.566. The van der Waals surface area contributed by atoms with Gasteiger partial charge in [-0.1, -0.05) is 0 Å². The first-order chi connectivity index (χ1) is 10.7. The van der Waals surface area contributed by atoms with Crippen LogP contribution in [-0.2, 0) is 7.05 Å². The fourth-order valence-corrected chi connectivity index (χ4v) is 3.02. The van der Waals surface area contributed by atoms with E-state index in [-0.39, 0.29) is 0 Å². The third-order valence-electron chi connectivity index (χ3n) is 3.12. The highest BCUT2D eigenvalue weighted by Gasteiger charge is 2.16. The molecule has 0 aromatic carbocycles. The predicted octanol–water partition coefficient (Wildman–Crippen LogP) is 1.97. The van der Waals surface area contributed by atoms with Crippen LogP contribution in [0.3, 0.4) is 0 Å². The first-order valence-corrected chi connectivity index (χ1v) is 7.32. The highest BCUT2D eigenvalue weighted by molar-refractivity contribution is 7.99. The van der Waals surface area contributed by atoms with Crippen LogP contribution in [0.15, 0.2) is 45.4 Å². The molecule has 0 bridgehead atoms. The quantitative estimate of drug-likeness (QED) is 0.534. The number of furan rings is 1. The van der Waals surface area contributed by atoms with Crippen molar-refractivity contribution in [3.8, 4) is 11.6 Å². The van der Waals surface area contributed by atoms with Crippen LogP contribution in [0.4, 0.5) is 0 Å². The summed E-state index contributed by atoms with van der Waals surface area (Å²) in [5.41, 5.74) is 0.872. The van der Waals surface area contributed by atoms with Gasteiger partial charge >= 0.3 is 0 Å².